The van der Waals surface area contributed by atoms with Crippen LogP contribution < -0.4 is 5.43 Å². The first-order valence-corrected chi connectivity index (χ1v) is 5.59. The summed E-state index contributed by atoms with van der Waals surface area (Å²) in [6, 6.07) is 1.25. The Kier molecular flexibility index (Phi) is 3.20. The Balaban J connectivity index is 2.59. The molecule has 0 radical (unpaired) electrons. The summed E-state index contributed by atoms with van der Waals surface area (Å²) in [5.41, 5.74) is -2.45. The first-order chi connectivity index (χ1) is 9.21. The zero-order valence-corrected chi connectivity index (χ0v) is 10.5. The monoisotopic (exact) mass is 292 g/mol. The Morgan fingerprint density at radius 3 is 2.80 bits per heavy atom. The lowest BCUT2D eigenvalue weighted by molar-refractivity contribution is -0.269. The highest BCUT2D eigenvalue weighted by Crippen LogP contribution is 2.40. The smallest absolute Gasteiger partial charge is 0.445 e. The van der Waals surface area contributed by atoms with Gasteiger partial charge in [-0.25, -0.2) is 9.48 Å². The number of aliphatic hydroxyl groups is 1. The molecule has 1 aromatic rings. The van der Waals surface area contributed by atoms with E-state index in [2.05, 4.69) is 20.4 Å². The summed E-state index contributed by atoms with van der Waals surface area (Å²) >= 11 is 0. The Morgan fingerprint density at radius 2 is 2.25 bits per heavy atom. The predicted molar refractivity (Wildman–Crippen MR) is 60.9 cm³/mol. The number of aromatic nitrogens is 2. The van der Waals surface area contributed by atoms with E-state index in [0.29, 0.717) is 0 Å². The number of hydrogen-bond donors (Lipinski definition) is 2. The average Bonchev–Trinajstić information content (AvgIpc) is 2.70. The SMILES string of the molecule is CCOC(=O)C1=NNc2cc(C)nn2C1(O)C(F)(F)F. The lowest BCUT2D eigenvalue weighted by Crippen LogP contribution is -2.59. The quantitative estimate of drug-likeness (QED) is 0.785. The standard InChI is InChI=1S/C10H11F3N4O3/c1-3-20-8(18)7-9(19,10(11,12)13)17-6(14-15-7)4-5(2)16-17/h4,14,19H,3H2,1-2H3. The van der Waals surface area contributed by atoms with E-state index in [1.165, 1.54) is 19.9 Å². The molecule has 0 spiro atoms. The third-order valence-electron chi connectivity index (χ3n) is 2.61. The van der Waals surface area contributed by atoms with Crippen molar-refractivity contribution in [1.29, 1.82) is 0 Å². The van der Waals surface area contributed by atoms with Gasteiger partial charge in [-0.05, 0) is 13.8 Å². The molecule has 110 valence electrons. The summed E-state index contributed by atoms with van der Waals surface area (Å²) < 4.78 is 44.5. The molecule has 20 heavy (non-hydrogen) atoms. The molecule has 1 aliphatic heterocycles. The lowest BCUT2D eigenvalue weighted by Gasteiger charge is -2.33. The zero-order chi connectivity index (χ0) is 15.1. The normalized spacial score (nSPS) is 21.8. The molecular weight excluding hydrogens is 281 g/mol. The minimum absolute atomic E-state index is 0.156. The number of rotatable bonds is 2. The van der Waals surface area contributed by atoms with E-state index >= 15 is 0 Å². The van der Waals surface area contributed by atoms with Crippen molar-refractivity contribution in [2.24, 2.45) is 5.10 Å². The van der Waals surface area contributed by atoms with Gasteiger partial charge in [0.2, 0.25) is 5.71 Å². The fraction of sp³-hybridized carbons (Fsp3) is 0.500. The third-order valence-corrected chi connectivity index (χ3v) is 2.61. The van der Waals surface area contributed by atoms with Gasteiger partial charge in [0.15, 0.2) is 0 Å². The maximum absolute atomic E-state index is 13.2. The number of carbonyl (C=O) groups is 1. The Bertz CT molecular complexity index is 581. The van der Waals surface area contributed by atoms with Crippen LogP contribution >= 0.6 is 0 Å². The zero-order valence-electron chi connectivity index (χ0n) is 10.5. The fourth-order valence-electron chi connectivity index (χ4n) is 1.76. The molecule has 0 saturated heterocycles. The molecule has 1 atom stereocenters. The molecule has 0 bridgehead atoms. The summed E-state index contributed by atoms with van der Waals surface area (Å²) in [5.74, 6) is -1.56. The molecular formula is C10H11F3N4O3. The minimum Gasteiger partial charge on any atom is -0.461 e. The fourth-order valence-corrected chi connectivity index (χ4v) is 1.76. The number of hydrogen-bond acceptors (Lipinski definition) is 6. The first-order valence-electron chi connectivity index (χ1n) is 5.59. The van der Waals surface area contributed by atoms with Crippen molar-refractivity contribution in [3.63, 3.8) is 0 Å². The third kappa shape index (κ3) is 1.92. The van der Waals surface area contributed by atoms with Crippen LogP contribution in [0.3, 0.4) is 0 Å². The number of fused-ring (bicyclic) bond motifs is 1. The molecule has 7 nitrogen and oxygen atoms in total. The number of esters is 1. The van der Waals surface area contributed by atoms with Crippen LogP contribution in [-0.2, 0) is 15.3 Å². The van der Waals surface area contributed by atoms with Crippen LogP contribution in [0.5, 0.6) is 0 Å². The molecule has 2 heterocycles. The van der Waals surface area contributed by atoms with Crippen LogP contribution in [-0.4, -0.2) is 39.4 Å². The van der Waals surface area contributed by atoms with Crippen molar-refractivity contribution >= 4 is 17.5 Å². The van der Waals surface area contributed by atoms with Crippen LogP contribution in [0.25, 0.3) is 0 Å². The van der Waals surface area contributed by atoms with E-state index < -0.39 is 23.6 Å². The van der Waals surface area contributed by atoms with Crippen molar-refractivity contribution in [3.8, 4) is 0 Å². The highest BCUT2D eigenvalue weighted by atomic mass is 19.4. The topological polar surface area (TPSA) is 88.7 Å². The Morgan fingerprint density at radius 1 is 1.60 bits per heavy atom. The van der Waals surface area contributed by atoms with Crippen molar-refractivity contribution in [3.05, 3.63) is 11.8 Å². The number of aryl methyl sites for hydroxylation is 1. The van der Waals surface area contributed by atoms with Crippen LogP contribution in [0.2, 0.25) is 0 Å². The lowest BCUT2D eigenvalue weighted by atomic mass is 10.1. The van der Waals surface area contributed by atoms with Crippen LogP contribution in [0.15, 0.2) is 11.2 Å². The van der Waals surface area contributed by atoms with Crippen molar-refractivity contribution in [1.82, 2.24) is 9.78 Å². The van der Waals surface area contributed by atoms with Crippen LogP contribution in [0.1, 0.15) is 12.6 Å². The summed E-state index contributed by atoms with van der Waals surface area (Å²) in [5, 5.41) is 16.9. The minimum atomic E-state index is -5.20. The molecule has 1 aliphatic rings. The van der Waals surface area contributed by atoms with Gasteiger partial charge in [-0.15, -0.1) is 0 Å². The molecule has 0 aromatic carbocycles. The largest absolute Gasteiger partial charge is 0.461 e. The van der Waals surface area contributed by atoms with Crippen molar-refractivity contribution < 1.29 is 27.8 Å². The van der Waals surface area contributed by atoms with Crippen LogP contribution in [0, 0.1) is 6.92 Å². The van der Waals surface area contributed by atoms with Gasteiger partial charge in [-0.2, -0.15) is 23.4 Å². The molecule has 1 aromatic heterocycles. The van der Waals surface area contributed by atoms with Crippen LogP contribution in [0.4, 0.5) is 19.0 Å². The molecule has 0 saturated carbocycles. The number of nitrogens with one attached hydrogen (secondary N) is 1. The molecule has 1 unspecified atom stereocenters. The van der Waals surface area contributed by atoms with Gasteiger partial charge in [0, 0.05) is 6.07 Å². The van der Waals surface area contributed by atoms with Gasteiger partial charge in [0.1, 0.15) is 5.82 Å². The number of anilines is 1. The second-order valence-electron chi connectivity index (χ2n) is 4.05. The number of ether oxygens (including phenoxy) is 1. The summed E-state index contributed by atoms with van der Waals surface area (Å²) in [6.45, 7) is 2.70. The summed E-state index contributed by atoms with van der Waals surface area (Å²) in [4.78, 5) is 11.6. The molecule has 2 rings (SSSR count). The molecule has 10 heteroatoms. The van der Waals surface area contributed by atoms with E-state index in [0.717, 1.165) is 0 Å². The van der Waals surface area contributed by atoms with Gasteiger partial charge in [-0.3, -0.25) is 5.43 Å². The predicted octanol–water partition coefficient (Wildman–Crippen LogP) is 0.744. The average molecular weight is 292 g/mol. The number of halogens is 3. The van der Waals surface area contributed by atoms with Crippen molar-refractivity contribution in [2.75, 3.05) is 12.0 Å². The van der Waals surface area contributed by atoms with Gasteiger partial charge in [0.25, 0.3) is 0 Å². The van der Waals surface area contributed by atoms with E-state index in [-0.39, 0.29) is 22.8 Å². The molecule has 2 N–H and O–H groups in total. The second-order valence-corrected chi connectivity index (χ2v) is 4.05. The van der Waals surface area contributed by atoms with E-state index in [4.69, 9.17) is 0 Å². The molecule has 0 amide bonds. The second kappa shape index (κ2) is 4.47. The maximum atomic E-state index is 13.2. The van der Waals surface area contributed by atoms with Crippen molar-refractivity contribution in [2.45, 2.75) is 25.7 Å². The van der Waals surface area contributed by atoms with E-state index in [1.54, 1.807) is 0 Å². The van der Waals surface area contributed by atoms with E-state index in [9.17, 15) is 23.1 Å². The maximum Gasteiger partial charge on any atom is 0.445 e. The Hall–Kier alpha value is -2.10. The summed E-state index contributed by atoms with van der Waals surface area (Å²) in [7, 11) is 0. The number of hydrazone groups is 1. The highest BCUT2D eigenvalue weighted by molar-refractivity contribution is 6.39. The number of nitrogens with zero attached hydrogens (tertiary/aromatic N) is 3. The first kappa shape index (κ1) is 14.3. The highest BCUT2D eigenvalue weighted by Gasteiger charge is 2.64. The molecule has 0 fully saturated rings. The van der Waals surface area contributed by atoms with Gasteiger partial charge < -0.3 is 9.84 Å². The summed E-state index contributed by atoms with van der Waals surface area (Å²) in [6.07, 6.45) is -5.20. The van der Waals surface area contributed by atoms with E-state index in [1.807, 2.05) is 0 Å². The van der Waals surface area contributed by atoms with Gasteiger partial charge in [0.05, 0.1) is 12.3 Å². The van der Waals surface area contributed by atoms with Gasteiger partial charge >= 0.3 is 17.9 Å². The number of carbonyl (C=O) groups excluding carboxylic acids is 1. The Labute approximate surface area is 111 Å². The molecule has 0 aliphatic carbocycles. The van der Waals surface area contributed by atoms with Gasteiger partial charge in [-0.1, -0.05) is 0 Å². The number of alkyl halides is 3.